The maximum absolute atomic E-state index is 11.3. The summed E-state index contributed by atoms with van der Waals surface area (Å²) in [6.07, 6.45) is 1.73. The van der Waals surface area contributed by atoms with Gasteiger partial charge in [-0.05, 0) is 19.1 Å². The second kappa shape index (κ2) is 3.38. The van der Waals surface area contributed by atoms with Gasteiger partial charge in [0.2, 0.25) is 5.91 Å². The van der Waals surface area contributed by atoms with Gasteiger partial charge < -0.3 is 10.6 Å². The first-order valence-corrected chi connectivity index (χ1v) is 4.67. The zero-order valence-electron chi connectivity index (χ0n) is 8.05. The van der Waals surface area contributed by atoms with Crippen molar-refractivity contribution in [2.45, 2.75) is 19.0 Å². The number of nitrogens with two attached hydrogens (primary N) is 1. The predicted octanol–water partition coefficient (Wildman–Crippen LogP) is 0.312. The van der Waals surface area contributed by atoms with E-state index in [9.17, 15) is 4.79 Å². The molecule has 0 aliphatic carbocycles. The maximum atomic E-state index is 11.3. The molecule has 1 aromatic heterocycles. The van der Waals surface area contributed by atoms with Crippen LogP contribution in [0.5, 0.6) is 0 Å². The minimum absolute atomic E-state index is 0.0168. The van der Waals surface area contributed by atoms with Gasteiger partial charge in [-0.2, -0.15) is 0 Å². The average Bonchev–Trinajstić information content (AvgIpc) is 2.25. The Hall–Kier alpha value is -1.42. The van der Waals surface area contributed by atoms with E-state index in [2.05, 4.69) is 4.98 Å². The van der Waals surface area contributed by atoms with Crippen LogP contribution in [-0.2, 0) is 4.79 Å². The number of pyridine rings is 1. The minimum atomic E-state index is -0.304. The van der Waals surface area contributed by atoms with Crippen molar-refractivity contribution in [1.82, 2.24) is 9.88 Å². The second-order valence-corrected chi connectivity index (χ2v) is 3.53. The van der Waals surface area contributed by atoms with Gasteiger partial charge in [-0.3, -0.25) is 9.78 Å². The number of rotatable bonds is 2. The highest BCUT2D eigenvalue weighted by Crippen LogP contribution is 2.23. The summed E-state index contributed by atoms with van der Waals surface area (Å²) in [7, 11) is 0. The molecule has 4 nitrogen and oxygen atoms in total. The van der Waals surface area contributed by atoms with E-state index in [1.807, 2.05) is 25.1 Å². The monoisotopic (exact) mass is 191 g/mol. The summed E-state index contributed by atoms with van der Waals surface area (Å²) in [5.41, 5.74) is 6.43. The number of β-lactam (4-membered cyclic amide) rings is 1. The molecule has 2 atom stereocenters. The van der Waals surface area contributed by atoms with E-state index in [1.54, 1.807) is 11.1 Å². The van der Waals surface area contributed by atoms with E-state index >= 15 is 0 Å². The third kappa shape index (κ3) is 1.37. The third-order valence-electron chi connectivity index (χ3n) is 2.58. The lowest BCUT2D eigenvalue weighted by Gasteiger charge is -2.40. The summed E-state index contributed by atoms with van der Waals surface area (Å²) in [6.45, 7) is 2.60. The van der Waals surface area contributed by atoms with Gasteiger partial charge in [0.15, 0.2) is 0 Å². The summed E-state index contributed by atoms with van der Waals surface area (Å²) >= 11 is 0. The Morgan fingerprint density at radius 1 is 1.64 bits per heavy atom. The van der Waals surface area contributed by atoms with E-state index in [0.29, 0.717) is 6.54 Å². The Kier molecular flexibility index (Phi) is 2.21. The van der Waals surface area contributed by atoms with Crippen LogP contribution in [0.25, 0.3) is 0 Å². The molecule has 74 valence electrons. The van der Waals surface area contributed by atoms with E-state index in [1.165, 1.54) is 0 Å². The minimum Gasteiger partial charge on any atom is -0.331 e. The Morgan fingerprint density at radius 3 is 2.93 bits per heavy atom. The molecule has 2 heterocycles. The SMILES string of the molecule is CC(c1ccccn1)N1CC(N)C1=O. The van der Waals surface area contributed by atoms with E-state index in [4.69, 9.17) is 5.73 Å². The van der Waals surface area contributed by atoms with Crippen molar-refractivity contribution in [3.63, 3.8) is 0 Å². The molecule has 1 aliphatic rings. The zero-order valence-corrected chi connectivity index (χ0v) is 8.05. The highest BCUT2D eigenvalue weighted by Gasteiger charge is 2.37. The lowest BCUT2D eigenvalue weighted by molar-refractivity contribution is -0.145. The van der Waals surface area contributed by atoms with Crippen molar-refractivity contribution < 1.29 is 4.79 Å². The molecule has 0 radical (unpaired) electrons. The van der Waals surface area contributed by atoms with Gasteiger partial charge in [0.05, 0.1) is 11.7 Å². The molecule has 1 aromatic rings. The Morgan fingerprint density at radius 2 is 2.43 bits per heavy atom. The van der Waals surface area contributed by atoms with Crippen molar-refractivity contribution in [1.29, 1.82) is 0 Å². The van der Waals surface area contributed by atoms with Crippen molar-refractivity contribution >= 4 is 5.91 Å². The predicted molar refractivity (Wildman–Crippen MR) is 52.3 cm³/mol. The number of carbonyl (C=O) groups excluding carboxylic acids is 1. The van der Waals surface area contributed by atoms with Crippen LogP contribution in [-0.4, -0.2) is 28.4 Å². The summed E-state index contributed by atoms with van der Waals surface area (Å²) in [4.78, 5) is 17.3. The van der Waals surface area contributed by atoms with Gasteiger partial charge in [-0.1, -0.05) is 6.07 Å². The van der Waals surface area contributed by atoms with Crippen LogP contribution in [0.2, 0.25) is 0 Å². The highest BCUT2D eigenvalue weighted by molar-refractivity contribution is 5.88. The number of amides is 1. The zero-order chi connectivity index (χ0) is 10.1. The number of hydrogen-bond acceptors (Lipinski definition) is 3. The molecule has 0 saturated carbocycles. The molecule has 14 heavy (non-hydrogen) atoms. The number of nitrogens with zero attached hydrogens (tertiary/aromatic N) is 2. The molecule has 2 unspecified atom stereocenters. The Bertz CT molecular complexity index is 338. The molecule has 1 saturated heterocycles. The summed E-state index contributed by atoms with van der Waals surface area (Å²) in [6, 6.07) is 5.43. The van der Waals surface area contributed by atoms with Gasteiger partial charge in [-0.15, -0.1) is 0 Å². The molecular weight excluding hydrogens is 178 g/mol. The molecule has 1 aliphatic heterocycles. The number of likely N-dealkylation sites (tertiary alicyclic amines) is 1. The first-order chi connectivity index (χ1) is 6.70. The molecule has 2 N–H and O–H groups in total. The Labute approximate surface area is 82.7 Å². The molecule has 0 spiro atoms. The van der Waals surface area contributed by atoms with Crippen LogP contribution in [0.1, 0.15) is 18.7 Å². The van der Waals surface area contributed by atoms with E-state index < -0.39 is 0 Å². The number of aromatic nitrogens is 1. The van der Waals surface area contributed by atoms with Gasteiger partial charge in [0.25, 0.3) is 0 Å². The topological polar surface area (TPSA) is 59.2 Å². The average molecular weight is 191 g/mol. The quantitative estimate of drug-likeness (QED) is 0.684. The van der Waals surface area contributed by atoms with Crippen molar-refractivity contribution in [3.05, 3.63) is 30.1 Å². The molecular formula is C10H13N3O. The fourth-order valence-corrected chi connectivity index (χ4v) is 1.61. The van der Waals surface area contributed by atoms with Crippen molar-refractivity contribution in [2.24, 2.45) is 5.73 Å². The molecule has 4 heteroatoms. The van der Waals surface area contributed by atoms with Gasteiger partial charge in [0.1, 0.15) is 6.04 Å². The van der Waals surface area contributed by atoms with E-state index in [-0.39, 0.29) is 18.0 Å². The largest absolute Gasteiger partial charge is 0.331 e. The second-order valence-electron chi connectivity index (χ2n) is 3.53. The summed E-state index contributed by atoms with van der Waals surface area (Å²) in [5, 5.41) is 0. The van der Waals surface area contributed by atoms with Gasteiger partial charge in [-0.25, -0.2) is 0 Å². The standard InChI is InChI=1S/C10H13N3O/c1-7(9-4-2-3-5-12-9)13-6-8(11)10(13)14/h2-5,7-8H,6,11H2,1H3. The van der Waals surface area contributed by atoms with Crippen LogP contribution < -0.4 is 5.73 Å². The van der Waals surface area contributed by atoms with Crippen LogP contribution in [0.3, 0.4) is 0 Å². The molecule has 0 aromatic carbocycles. The highest BCUT2D eigenvalue weighted by atomic mass is 16.2. The number of carbonyl (C=O) groups is 1. The smallest absolute Gasteiger partial charge is 0.241 e. The van der Waals surface area contributed by atoms with Gasteiger partial charge >= 0.3 is 0 Å². The van der Waals surface area contributed by atoms with Gasteiger partial charge in [0, 0.05) is 12.7 Å². The fourth-order valence-electron chi connectivity index (χ4n) is 1.61. The van der Waals surface area contributed by atoms with E-state index in [0.717, 1.165) is 5.69 Å². The summed E-state index contributed by atoms with van der Waals surface area (Å²) in [5.74, 6) is 0.0168. The molecule has 2 rings (SSSR count). The Balaban J connectivity index is 2.10. The third-order valence-corrected chi connectivity index (χ3v) is 2.58. The first kappa shape index (κ1) is 9.15. The van der Waals surface area contributed by atoms with Crippen LogP contribution in [0.15, 0.2) is 24.4 Å². The molecule has 1 fully saturated rings. The maximum Gasteiger partial charge on any atom is 0.241 e. The van der Waals surface area contributed by atoms with Crippen LogP contribution in [0, 0.1) is 0 Å². The summed E-state index contributed by atoms with van der Waals surface area (Å²) < 4.78 is 0. The lowest BCUT2D eigenvalue weighted by atomic mass is 10.0. The van der Waals surface area contributed by atoms with Crippen molar-refractivity contribution in [2.75, 3.05) is 6.54 Å². The van der Waals surface area contributed by atoms with Crippen molar-refractivity contribution in [3.8, 4) is 0 Å². The normalized spacial score (nSPS) is 23.1. The molecule has 1 amide bonds. The fraction of sp³-hybridized carbons (Fsp3) is 0.400. The lowest BCUT2D eigenvalue weighted by Crippen LogP contribution is -2.61. The molecule has 0 bridgehead atoms. The number of hydrogen-bond donors (Lipinski definition) is 1. The first-order valence-electron chi connectivity index (χ1n) is 4.67. The van der Waals surface area contributed by atoms with Crippen LogP contribution >= 0.6 is 0 Å². The van der Waals surface area contributed by atoms with Crippen LogP contribution in [0.4, 0.5) is 0 Å².